The summed E-state index contributed by atoms with van der Waals surface area (Å²) in [5.74, 6) is 1.08. The number of para-hydroxylation sites is 5. The highest BCUT2D eigenvalue weighted by Gasteiger charge is 2.21. The number of aromatic nitrogens is 1. The van der Waals surface area contributed by atoms with Crippen molar-refractivity contribution < 1.29 is 4.42 Å². The zero-order valence-electron chi connectivity index (χ0n) is 41.8. The van der Waals surface area contributed by atoms with E-state index < -0.39 is 0 Å². The lowest BCUT2D eigenvalue weighted by atomic mass is 9.91. The van der Waals surface area contributed by atoms with Crippen LogP contribution in [-0.2, 0) is 6.42 Å². The lowest BCUT2D eigenvalue weighted by Gasteiger charge is -2.25. The van der Waals surface area contributed by atoms with Crippen molar-refractivity contribution in [2.24, 2.45) is 0 Å². The summed E-state index contributed by atoms with van der Waals surface area (Å²) in [6.07, 6.45) is 15.2. The van der Waals surface area contributed by atoms with Crippen molar-refractivity contribution in [2.75, 3.05) is 16.8 Å². The molecule has 13 rings (SSSR count). The molecule has 0 atom stereocenters. The molecule has 2 aliphatic rings. The van der Waals surface area contributed by atoms with E-state index in [0.29, 0.717) is 0 Å². The van der Waals surface area contributed by atoms with Crippen LogP contribution in [0.4, 0.5) is 28.4 Å². The maximum absolute atomic E-state index is 6.25. The molecule has 73 heavy (non-hydrogen) atoms. The Hall–Kier alpha value is -8.86. The second-order valence-electron chi connectivity index (χ2n) is 18.3. The van der Waals surface area contributed by atoms with Gasteiger partial charge in [0.25, 0.3) is 0 Å². The van der Waals surface area contributed by atoms with Crippen molar-refractivity contribution in [3.8, 4) is 27.9 Å². The van der Waals surface area contributed by atoms with E-state index in [4.69, 9.17) is 4.42 Å². The molecular formula is C69H59N3O. The summed E-state index contributed by atoms with van der Waals surface area (Å²) in [5.41, 5.74) is 18.6. The molecule has 4 nitrogen and oxygen atoms in total. The quantitative estimate of drug-likeness (QED) is 0.144. The monoisotopic (exact) mass is 945 g/mol. The lowest BCUT2D eigenvalue weighted by Crippen LogP contribution is -2.09. The van der Waals surface area contributed by atoms with Crippen LogP contribution in [0.1, 0.15) is 50.0 Å². The van der Waals surface area contributed by atoms with Crippen LogP contribution in [0.25, 0.3) is 72.4 Å². The summed E-state index contributed by atoms with van der Waals surface area (Å²) in [5, 5.41) is 3.63. The van der Waals surface area contributed by atoms with Crippen LogP contribution >= 0.6 is 0 Å². The predicted octanol–water partition coefficient (Wildman–Crippen LogP) is 19.5. The Bertz CT molecular complexity index is 3680. The Labute approximate surface area is 429 Å². The van der Waals surface area contributed by atoms with Crippen molar-refractivity contribution in [3.63, 3.8) is 0 Å². The van der Waals surface area contributed by atoms with Crippen LogP contribution in [0.2, 0.25) is 0 Å². The summed E-state index contributed by atoms with van der Waals surface area (Å²) >= 11 is 0. The molecular weight excluding hydrogens is 887 g/mol. The molecule has 0 aliphatic heterocycles. The zero-order chi connectivity index (χ0) is 49.5. The first-order valence-electron chi connectivity index (χ1n) is 25.8. The van der Waals surface area contributed by atoms with Gasteiger partial charge in [0.1, 0.15) is 11.3 Å². The molecule has 4 heteroatoms. The second-order valence-corrected chi connectivity index (χ2v) is 18.3. The van der Waals surface area contributed by atoms with Gasteiger partial charge >= 0.3 is 0 Å². The van der Waals surface area contributed by atoms with E-state index >= 15 is 0 Å². The summed E-state index contributed by atoms with van der Waals surface area (Å²) in [4.78, 5) is 4.54. The fourth-order valence-electron chi connectivity index (χ4n) is 10.4. The van der Waals surface area contributed by atoms with Gasteiger partial charge < -0.3 is 18.8 Å². The number of furan rings is 1. The fourth-order valence-corrected chi connectivity index (χ4v) is 10.4. The Morgan fingerprint density at radius 2 is 0.973 bits per heavy atom. The van der Waals surface area contributed by atoms with Gasteiger partial charge in [0.15, 0.2) is 0 Å². The number of rotatable bonds is 9. The smallest absolute Gasteiger partial charge is 0.134 e. The minimum Gasteiger partial charge on any atom is -0.460 e. The molecule has 0 saturated carbocycles. The minimum absolute atomic E-state index is 0.899. The van der Waals surface area contributed by atoms with E-state index in [-0.39, 0.29) is 0 Å². The van der Waals surface area contributed by atoms with E-state index in [1.54, 1.807) is 0 Å². The van der Waals surface area contributed by atoms with Crippen molar-refractivity contribution in [3.05, 3.63) is 266 Å². The summed E-state index contributed by atoms with van der Waals surface area (Å²) < 4.78 is 8.72. The zero-order valence-corrected chi connectivity index (χ0v) is 41.8. The van der Waals surface area contributed by atoms with Crippen LogP contribution in [0.15, 0.2) is 253 Å². The summed E-state index contributed by atoms with van der Waals surface area (Å²) in [7, 11) is 2.12. The SMILES string of the molecule is C1=CCCC=C1.CC.CN(c1ccccc1)c1ccc(-c2ccc3c(c2)c2cccc(-c4ccc(N(c5ccccc5)c5ccccc5)cc4)c2n3-c2ccc(C3=Cc4c(oc5ccccc45)CC3)cc2)cc1. The van der Waals surface area contributed by atoms with Crippen LogP contribution in [0.5, 0.6) is 0 Å². The van der Waals surface area contributed by atoms with Gasteiger partial charge in [-0.25, -0.2) is 0 Å². The molecule has 9 aromatic carbocycles. The van der Waals surface area contributed by atoms with Gasteiger partial charge in [0.2, 0.25) is 0 Å². The largest absolute Gasteiger partial charge is 0.460 e. The molecule has 0 N–H and O–H groups in total. The average Bonchev–Trinajstić information content (AvgIpc) is 4.03. The predicted molar refractivity (Wildman–Crippen MR) is 312 cm³/mol. The number of hydrogen-bond acceptors (Lipinski definition) is 3. The third kappa shape index (κ3) is 9.44. The fraction of sp³-hybridized carbons (Fsp3) is 0.101. The second kappa shape index (κ2) is 21.2. The molecule has 0 saturated heterocycles. The van der Waals surface area contributed by atoms with Crippen LogP contribution in [-0.4, -0.2) is 11.6 Å². The van der Waals surface area contributed by atoms with E-state index in [1.165, 1.54) is 73.4 Å². The molecule has 0 spiro atoms. The standard InChI is InChI=1S/C61H45N3O.C6H8.C2H6/c1-62(47-14-5-2-6-15-47)48-32-24-42(25-33-48)45-30-38-58-56(40-45)55-22-13-21-53(44-28-36-51(37-29-44)63(49-16-7-3-8-17-49)50-18-9-4-10-19-50)61(55)64(58)52-34-26-43(27-35-52)46-31-39-60-57(41-46)54-20-11-12-23-59(54)65-60;1-2-4-6-5-3-1;1-2/h2-30,32-38,40-41H,31,39H2,1H3;1-4H,5-6H2;1-2H3. The molecule has 0 unspecified atom stereocenters. The minimum atomic E-state index is 0.899. The molecule has 0 bridgehead atoms. The number of aryl methyl sites for hydroxylation is 1. The number of benzene rings is 9. The molecule has 2 aromatic heterocycles. The highest BCUT2D eigenvalue weighted by atomic mass is 16.3. The number of nitrogens with zero attached hydrogens (tertiary/aromatic N) is 3. The van der Waals surface area contributed by atoms with E-state index in [0.717, 1.165) is 63.9 Å². The van der Waals surface area contributed by atoms with Crippen LogP contribution < -0.4 is 9.80 Å². The molecule has 356 valence electrons. The number of hydrogen-bond donors (Lipinski definition) is 0. The van der Waals surface area contributed by atoms with Gasteiger partial charge in [-0.15, -0.1) is 0 Å². The highest BCUT2D eigenvalue weighted by Crippen LogP contribution is 2.43. The van der Waals surface area contributed by atoms with Crippen molar-refractivity contribution >= 4 is 72.9 Å². The van der Waals surface area contributed by atoms with Gasteiger partial charge in [-0.1, -0.05) is 172 Å². The number of fused-ring (bicyclic) bond motifs is 6. The molecule has 2 heterocycles. The normalized spacial score (nSPS) is 12.6. The van der Waals surface area contributed by atoms with Crippen molar-refractivity contribution in [1.82, 2.24) is 4.57 Å². The van der Waals surface area contributed by atoms with Gasteiger partial charge in [0, 0.05) is 74.9 Å². The van der Waals surface area contributed by atoms with Gasteiger partial charge in [-0.3, -0.25) is 0 Å². The molecule has 0 fully saturated rings. The third-order valence-corrected chi connectivity index (χ3v) is 14.0. The van der Waals surface area contributed by atoms with Gasteiger partial charge in [-0.2, -0.15) is 0 Å². The molecule has 11 aromatic rings. The topological polar surface area (TPSA) is 24.6 Å². The average molecular weight is 946 g/mol. The van der Waals surface area contributed by atoms with E-state index in [2.05, 4.69) is 270 Å². The van der Waals surface area contributed by atoms with Crippen LogP contribution in [0.3, 0.4) is 0 Å². The highest BCUT2D eigenvalue weighted by molar-refractivity contribution is 6.15. The first-order valence-corrected chi connectivity index (χ1v) is 25.8. The number of anilines is 5. The molecule has 0 radical (unpaired) electrons. The van der Waals surface area contributed by atoms with Crippen molar-refractivity contribution in [1.29, 1.82) is 0 Å². The maximum Gasteiger partial charge on any atom is 0.134 e. The molecule has 0 amide bonds. The summed E-state index contributed by atoms with van der Waals surface area (Å²) in [6.45, 7) is 4.00. The molecule has 2 aliphatic carbocycles. The Morgan fingerprint density at radius 1 is 0.438 bits per heavy atom. The Balaban J connectivity index is 0.000000664. The van der Waals surface area contributed by atoms with Gasteiger partial charge in [-0.05, 0) is 144 Å². The first kappa shape index (κ1) is 46.5. The van der Waals surface area contributed by atoms with Crippen LogP contribution in [0, 0.1) is 0 Å². The van der Waals surface area contributed by atoms with E-state index in [1.807, 2.05) is 19.9 Å². The lowest BCUT2D eigenvalue weighted by molar-refractivity contribution is 0.548. The van der Waals surface area contributed by atoms with E-state index in [9.17, 15) is 0 Å². The van der Waals surface area contributed by atoms with Gasteiger partial charge in [0.05, 0.1) is 11.0 Å². The first-order chi connectivity index (χ1) is 36.1. The Morgan fingerprint density at radius 3 is 1.62 bits per heavy atom. The number of allylic oxidation sites excluding steroid dienone is 5. The van der Waals surface area contributed by atoms with Crippen molar-refractivity contribution in [2.45, 2.75) is 39.5 Å². The Kier molecular flexibility index (Phi) is 13.5. The third-order valence-electron chi connectivity index (χ3n) is 14.0. The summed E-state index contributed by atoms with van der Waals surface area (Å²) in [6, 6.07) is 81.0. The maximum atomic E-state index is 6.25.